The van der Waals surface area contributed by atoms with Crippen LogP contribution in [0.1, 0.15) is 25.8 Å². The van der Waals surface area contributed by atoms with Crippen LogP contribution in [0.5, 0.6) is 11.5 Å². The monoisotopic (exact) mass is 325 g/mol. The second kappa shape index (κ2) is 6.95. The normalized spacial score (nSPS) is 16.9. The summed E-state index contributed by atoms with van der Waals surface area (Å²) in [4.78, 5) is 14.7. The number of ether oxygens (including phenoxy) is 1. The lowest BCUT2D eigenvalue weighted by atomic mass is 10.0. The molecule has 2 aromatic rings. The van der Waals surface area contributed by atoms with Crippen molar-refractivity contribution in [2.24, 2.45) is 5.92 Å². The SMILES string of the molecule is CC(C)CCN1C(=O)C(Cc2ccccc2)Oc2cc(O)ccc21. The highest BCUT2D eigenvalue weighted by atomic mass is 16.5. The van der Waals surface area contributed by atoms with Crippen molar-refractivity contribution in [2.75, 3.05) is 11.4 Å². The first kappa shape index (κ1) is 16.4. The molecule has 1 unspecified atom stereocenters. The van der Waals surface area contributed by atoms with Crippen LogP contribution >= 0.6 is 0 Å². The zero-order chi connectivity index (χ0) is 17.1. The smallest absolute Gasteiger partial charge is 0.268 e. The third-order valence-electron chi connectivity index (χ3n) is 4.24. The van der Waals surface area contributed by atoms with Gasteiger partial charge in [0.05, 0.1) is 5.69 Å². The summed E-state index contributed by atoms with van der Waals surface area (Å²) < 4.78 is 5.91. The van der Waals surface area contributed by atoms with Gasteiger partial charge in [0.25, 0.3) is 5.91 Å². The standard InChI is InChI=1S/C20H23NO3/c1-14(2)10-11-21-17-9-8-16(22)13-18(17)24-19(20(21)23)12-15-6-4-3-5-7-15/h3-9,13-14,19,22H,10-12H2,1-2H3. The van der Waals surface area contributed by atoms with Crippen molar-refractivity contribution in [2.45, 2.75) is 32.8 Å². The Morgan fingerprint density at radius 2 is 1.92 bits per heavy atom. The van der Waals surface area contributed by atoms with Crippen LogP contribution in [0.3, 0.4) is 0 Å². The molecule has 126 valence electrons. The number of carbonyl (C=O) groups excluding carboxylic acids is 1. The minimum absolute atomic E-state index is 0.0160. The highest BCUT2D eigenvalue weighted by Crippen LogP contribution is 2.37. The number of benzene rings is 2. The Morgan fingerprint density at radius 3 is 2.62 bits per heavy atom. The predicted octanol–water partition coefficient (Wildman–Crippen LogP) is 3.78. The van der Waals surface area contributed by atoms with Crippen LogP contribution in [-0.4, -0.2) is 23.7 Å². The lowest BCUT2D eigenvalue weighted by Crippen LogP contribution is -2.47. The summed E-state index contributed by atoms with van der Waals surface area (Å²) in [5, 5.41) is 9.75. The molecule has 1 N–H and O–H groups in total. The van der Waals surface area contributed by atoms with E-state index in [4.69, 9.17) is 4.74 Å². The van der Waals surface area contributed by atoms with Crippen LogP contribution in [-0.2, 0) is 11.2 Å². The van der Waals surface area contributed by atoms with E-state index < -0.39 is 6.10 Å². The molecule has 1 heterocycles. The Balaban J connectivity index is 1.88. The summed E-state index contributed by atoms with van der Waals surface area (Å²) in [5.41, 5.74) is 1.80. The van der Waals surface area contributed by atoms with Gasteiger partial charge in [0.15, 0.2) is 6.10 Å². The maximum absolute atomic E-state index is 12.9. The highest BCUT2D eigenvalue weighted by molar-refractivity contribution is 6.00. The number of anilines is 1. The number of hydrogen-bond donors (Lipinski definition) is 1. The molecule has 1 aliphatic rings. The molecule has 0 saturated heterocycles. The molecule has 0 spiro atoms. The lowest BCUT2D eigenvalue weighted by Gasteiger charge is -2.35. The van der Waals surface area contributed by atoms with Gasteiger partial charge < -0.3 is 14.7 Å². The van der Waals surface area contributed by atoms with Crippen LogP contribution < -0.4 is 9.64 Å². The summed E-state index contributed by atoms with van der Waals surface area (Å²) in [6, 6.07) is 14.8. The Kier molecular flexibility index (Phi) is 4.74. The highest BCUT2D eigenvalue weighted by Gasteiger charge is 2.34. The average molecular weight is 325 g/mol. The van der Waals surface area contributed by atoms with Gasteiger partial charge in [-0.05, 0) is 30.0 Å². The fraction of sp³-hybridized carbons (Fsp3) is 0.350. The molecule has 1 aliphatic heterocycles. The van der Waals surface area contributed by atoms with Gasteiger partial charge in [-0.1, -0.05) is 44.2 Å². The molecule has 0 bridgehead atoms. The van der Waals surface area contributed by atoms with Crippen molar-refractivity contribution in [3.05, 3.63) is 54.1 Å². The molecular formula is C20H23NO3. The minimum atomic E-state index is -0.561. The van der Waals surface area contributed by atoms with Gasteiger partial charge in [-0.15, -0.1) is 0 Å². The van der Waals surface area contributed by atoms with E-state index in [-0.39, 0.29) is 11.7 Å². The van der Waals surface area contributed by atoms with Gasteiger partial charge in [-0.3, -0.25) is 4.79 Å². The Hall–Kier alpha value is -2.49. The Morgan fingerprint density at radius 1 is 1.17 bits per heavy atom. The molecule has 3 rings (SSSR count). The first-order valence-corrected chi connectivity index (χ1v) is 8.39. The first-order chi connectivity index (χ1) is 11.5. The largest absolute Gasteiger partial charge is 0.508 e. The average Bonchev–Trinajstić information content (AvgIpc) is 2.56. The minimum Gasteiger partial charge on any atom is -0.508 e. The van der Waals surface area contributed by atoms with Gasteiger partial charge >= 0.3 is 0 Å². The van der Waals surface area contributed by atoms with Crippen molar-refractivity contribution >= 4 is 11.6 Å². The van der Waals surface area contributed by atoms with Gasteiger partial charge in [0.1, 0.15) is 11.5 Å². The Labute approximate surface area is 142 Å². The number of rotatable bonds is 5. The molecule has 4 nitrogen and oxygen atoms in total. The Bertz CT molecular complexity index is 712. The van der Waals surface area contributed by atoms with E-state index in [0.717, 1.165) is 17.7 Å². The van der Waals surface area contributed by atoms with Crippen LogP contribution in [0.15, 0.2) is 48.5 Å². The molecule has 24 heavy (non-hydrogen) atoms. The van der Waals surface area contributed by atoms with E-state index in [1.807, 2.05) is 30.3 Å². The molecule has 0 aliphatic carbocycles. The number of phenolic OH excluding ortho intramolecular Hbond substituents is 1. The van der Waals surface area contributed by atoms with Gasteiger partial charge in [0, 0.05) is 19.0 Å². The number of hydrogen-bond acceptors (Lipinski definition) is 3. The number of phenols is 1. The number of fused-ring (bicyclic) bond motifs is 1. The maximum atomic E-state index is 12.9. The van der Waals surface area contributed by atoms with Crippen molar-refractivity contribution in [3.8, 4) is 11.5 Å². The quantitative estimate of drug-likeness (QED) is 0.910. The molecular weight excluding hydrogens is 302 g/mol. The molecule has 0 radical (unpaired) electrons. The number of aromatic hydroxyl groups is 1. The van der Waals surface area contributed by atoms with Crippen LogP contribution in [0, 0.1) is 5.92 Å². The molecule has 1 amide bonds. The number of carbonyl (C=O) groups is 1. The van der Waals surface area contributed by atoms with Crippen LogP contribution in [0.25, 0.3) is 0 Å². The van der Waals surface area contributed by atoms with Crippen molar-refractivity contribution < 1.29 is 14.6 Å². The van der Waals surface area contributed by atoms with Gasteiger partial charge in [0.2, 0.25) is 0 Å². The van der Waals surface area contributed by atoms with E-state index in [9.17, 15) is 9.90 Å². The van der Waals surface area contributed by atoms with E-state index in [1.165, 1.54) is 0 Å². The number of amides is 1. The lowest BCUT2D eigenvalue weighted by molar-refractivity contribution is -0.126. The molecule has 0 aromatic heterocycles. The van der Waals surface area contributed by atoms with Gasteiger partial charge in [-0.25, -0.2) is 0 Å². The van der Waals surface area contributed by atoms with Crippen molar-refractivity contribution in [3.63, 3.8) is 0 Å². The molecule has 1 atom stereocenters. The van der Waals surface area contributed by atoms with Crippen molar-refractivity contribution in [1.82, 2.24) is 0 Å². The molecule has 4 heteroatoms. The van der Waals surface area contributed by atoms with Crippen LogP contribution in [0.4, 0.5) is 5.69 Å². The third-order valence-corrected chi connectivity index (χ3v) is 4.24. The summed E-state index contributed by atoms with van der Waals surface area (Å²) >= 11 is 0. The summed E-state index contributed by atoms with van der Waals surface area (Å²) in [5.74, 6) is 1.20. The fourth-order valence-electron chi connectivity index (χ4n) is 2.89. The predicted molar refractivity (Wildman–Crippen MR) is 94.5 cm³/mol. The summed E-state index contributed by atoms with van der Waals surface area (Å²) in [6.07, 6.45) is 0.880. The fourth-order valence-corrected chi connectivity index (χ4v) is 2.89. The summed E-state index contributed by atoms with van der Waals surface area (Å²) in [7, 11) is 0. The third kappa shape index (κ3) is 3.53. The van der Waals surface area contributed by atoms with E-state index >= 15 is 0 Å². The second-order valence-electron chi connectivity index (χ2n) is 6.62. The second-order valence-corrected chi connectivity index (χ2v) is 6.62. The zero-order valence-corrected chi connectivity index (χ0v) is 14.1. The summed E-state index contributed by atoms with van der Waals surface area (Å²) in [6.45, 7) is 4.94. The van der Waals surface area contributed by atoms with Gasteiger partial charge in [-0.2, -0.15) is 0 Å². The maximum Gasteiger partial charge on any atom is 0.268 e. The molecule has 0 fully saturated rings. The van der Waals surface area contributed by atoms with E-state index in [1.54, 1.807) is 23.1 Å². The van der Waals surface area contributed by atoms with E-state index in [0.29, 0.717) is 24.6 Å². The first-order valence-electron chi connectivity index (χ1n) is 8.39. The van der Waals surface area contributed by atoms with Crippen LogP contribution in [0.2, 0.25) is 0 Å². The van der Waals surface area contributed by atoms with Crippen molar-refractivity contribution in [1.29, 1.82) is 0 Å². The number of nitrogens with zero attached hydrogens (tertiary/aromatic N) is 1. The zero-order valence-electron chi connectivity index (χ0n) is 14.1. The van der Waals surface area contributed by atoms with E-state index in [2.05, 4.69) is 13.8 Å². The topological polar surface area (TPSA) is 49.8 Å². The molecule has 2 aromatic carbocycles. The molecule has 0 saturated carbocycles.